The van der Waals surface area contributed by atoms with Crippen LogP contribution in [0.3, 0.4) is 0 Å². The standard InChI is InChI=1S/C8H8ClN3/c9-8-6(5-10)11-7-3-1-2-4-12(7)8/h1-4H,5,10H2. The summed E-state index contributed by atoms with van der Waals surface area (Å²) in [6.45, 7) is 0.376. The van der Waals surface area contributed by atoms with Crippen LogP contribution in [0.2, 0.25) is 5.15 Å². The molecule has 0 amide bonds. The van der Waals surface area contributed by atoms with Crippen molar-refractivity contribution in [3.05, 3.63) is 35.2 Å². The van der Waals surface area contributed by atoms with Crippen molar-refractivity contribution >= 4 is 17.2 Å². The van der Waals surface area contributed by atoms with Crippen LogP contribution in [0.1, 0.15) is 5.69 Å². The van der Waals surface area contributed by atoms with Gasteiger partial charge in [-0.05, 0) is 12.1 Å². The molecule has 0 atom stereocenters. The predicted molar refractivity (Wildman–Crippen MR) is 48.1 cm³/mol. The number of rotatable bonds is 1. The summed E-state index contributed by atoms with van der Waals surface area (Å²) >= 11 is 5.98. The van der Waals surface area contributed by atoms with E-state index in [9.17, 15) is 0 Å². The van der Waals surface area contributed by atoms with Gasteiger partial charge in [0.1, 0.15) is 10.8 Å². The minimum atomic E-state index is 0.376. The van der Waals surface area contributed by atoms with Crippen molar-refractivity contribution in [3.63, 3.8) is 0 Å². The molecular formula is C8H8ClN3. The fourth-order valence-electron chi connectivity index (χ4n) is 1.14. The first-order chi connectivity index (χ1) is 5.83. The largest absolute Gasteiger partial charge is 0.325 e. The van der Waals surface area contributed by atoms with E-state index in [1.54, 1.807) is 0 Å². The lowest BCUT2D eigenvalue weighted by Gasteiger charge is -1.91. The Balaban J connectivity index is 2.78. The molecule has 2 N–H and O–H groups in total. The maximum Gasteiger partial charge on any atom is 0.138 e. The second-order valence-corrected chi connectivity index (χ2v) is 2.84. The van der Waals surface area contributed by atoms with Crippen molar-refractivity contribution in [3.8, 4) is 0 Å². The highest BCUT2D eigenvalue weighted by atomic mass is 35.5. The summed E-state index contributed by atoms with van der Waals surface area (Å²) in [5.41, 5.74) is 7.03. The first-order valence-electron chi connectivity index (χ1n) is 3.64. The number of pyridine rings is 1. The van der Waals surface area contributed by atoms with E-state index in [4.69, 9.17) is 17.3 Å². The highest BCUT2D eigenvalue weighted by molar-refractivity contribution is 6.30. The molecule has 2 aromatic rings. The van der Waals surface area contributed by atoms with Crippen LogP contribution in [0.15, 0.2) is 24.4 Å². The average Bonchev–Trinajstić information content (AvgIpc) is 2.44. The molecule has 2 aromatic heterocycles. The molecule has 0 aliphatic carbocycles. The third-order valence-electron chi connectivity index (χ3n) is 1.73. The van der Waals surface area contributed by atoms with Gasteiger partial charge in [0.2, 0.25) is 0 Å². The van der Waals surface area contributed by atoms with Crippen molar-refractivity contribution in [2.24, 2.45) is 5.73 Å². The Labute approximate surface area is 74.8 Å². The predicted octanol–water partition coefficient (Wildman–Crippen LogP) is 1.45. The Morgan fingerprint density at radius 3 is 3.00 bits per heavy atom. The minimum absolute atomic E-state index is 0.376. The summed E-state index contributed by atoms with van der Waals surface area (Å²) in [7, 11) is 0. The smallest absolute Gasteiger partial charge is 0.138 e. The molecule has 3 nitrogen and oxygen atoms in total. The maximum absolute atomic E-state index is 5.98. The molecular weight excluding hydrogens is 174 g/mol. The van der Waals surface area contributed by atoms with Crippen molar-refractivity contribution in [2.75, 3.05) is 0 Å². The summed E-state index contributed by atoms with van der Waals surface area (Å²) < 4.78 is 1.81. The van der Waals surface area contributed by atoms with Crippen molar-refractivity contribution < 1.29 is 0 Å². The van der Waals surface area contributed by atoms with Crippen LogP contribution >= 0.6 is 11.6 Å². The van der Waals surface area contributed by atoms with Crippen LogP contribution in [-0.4, -0.2) is 9.38 Å². The van der Waals surface area contributed by atoms with Crippen LogP contribution in [0.4, 0.5) is 0 Å². The van der Waals surface area contributed by atoms with Crippen LogP contribution in [0.25, 0.3) is 5.65 Å². The van der Waals surface area contributed by atoms with Crippen LogP contribution in [0.5, 0.6) is 0 Å². The van der Waals surface area contributed by atoms with Gasteiger partial charge >= 0.3 is 0 Å². The molecule has 0 aliphatic heterocycles. The van der Waals surface area contributed by atoms with Gasteiger partial charge in [-0.1, -0.05) is 17.7 Å². The molecule has 0 unspecified atom stereocenters. The number of aromatic nitrogens is 2. The molecule has 0 saturated heterocycles. The van der Waals surface area contributed by atoms with E-state index >= 15 is 0 Å². The van der Waals surface area contributed by atoms with E-state index in [0.717, 1.165) is 11.3 Å². The molecule has 0 fully saturated rings. The average molecular weight is 182 g/mol. The molecule has 0 saturated carbocycles. The molecule has 0 aromatic carbocycles. The zero-order valence-corrected chi connectivity index (χ0v) is 7.12. The molecule has 0 spiro atoms. The van der Waals surface area contributed by atoms with Gasteiger partial charge in [0.05, 0.1) is 5.69 Å². The van der Waals surface area contributed by atoms with E-state index in [1.807, 2.05) is 28.8 Å². The monoisotopic (exact) mass is 181 g/mol. The molecule has 0 bridgehead atoms. The molecule has 12 heavy (non-hydrogen) atoms. The lowest BCUT2D eigenvalue weighted by molar-refractivity contribution is 1.02. The quantitative estimate of drug-likeness (QED) is 0.724. The molecule has 62 valence electrons. The maximum atomic E-state index is 5.98. The highest BCUT2D eigenvalue weighted by Crippen LogP contribution is 2.16. The number of fused-ring (bicyclic) bond motifs is 1. The Bertz CT molecular complexity index is 408. The Morgan fingerprint density at radius 2 is 2.33 bits per heavy atom. The minimum Gasteiger partial charge on any atom is -0.325 e. The summed E-state index contributed by atoms with van der Waals surface area (Å²) in [6, 6.07) is 5.71. The number of nitrogens with zero attached hydrogens (tertiary/aromatic N) is 2. The zero-order valence-electron chi connectivity index (χ0n) is 6.37. The fourth-order valence-corrected chi connectivity index (χ4v) is 1.41. The molecule has 2 rings (SSSR count). The van der Waals surface area contributed by atoms with Crippen molar-refractivity contribution in [1.82, 2.24) is 9.38 Å². The highest BCUT2D eigenvalue weighted by Gasteiger charge is 2.06. The van der Waals surface area contributed by atoms with E-state index in [1.165, 1.54) is 0 Å². The van der Waals surface area contributed by atoms with E-state index < -0.39 is 0 Å². The normalized spacial score (nSPS) is 10.8. The number of halogens is 1. The van der Waals surface area contributed by atoms with Crippen LogP contribution < -0.4 is 5.73 Å². The Kier molecular flexibility index (Phi) is 1.75. The zero-order chi connectivity index (χ0) is 8.55. The number of hydrogen-bond acceptors (Lipinski definition) is 2. The van der Waals surface area contributed by atoms with Crippen LogP contribution in [0, 0.1) is 0 Å². The van der Waals surface area contributed by atoms with Crippen LogP contribution in [-0.2, 0) is 6.54 Å². The third-order valence-corrected chi connectivity index (χ3v) is 2.13. The Hall–Kier alpha value is -1.06. The first-order valence-corrected chi connectivity index (χ1v) is 4.02. The number of nitrogens with two attached hydrogens (primary N) is 1. The van der Waals surface area contributed by atoms with E-state index in [2.05, 4.69) is 4.98 Å². The van der Waals surface area contributed by atoms with Gasteiger partial charge in [-0.2, -0.15) is 0 Å². The third kappa shape index (κ3) is 0.983. The van der Waals surface area contributed by atoms with Gasteiger partial charge in [0, 0.05) is 12.7 Å². The van der Waals surface area contributed by atoms with Gasteiger partial charge in [-0.3, -0.25) is 4.40 Å². The Morgan fingerprint density at radius 1 is 1.50 bits per heavy atom. The molecule has 0 aliphatic rings. The fraction of sp³-hybridized carbons (Fsp3) is 0.125. The van der Waals surface area contributed by atoms with E-state index in [0.29, 0.717) is 11.7 Å². The summed E-state index contributed by atoms with van der Waals surface area (Å²) in [5.74, 6) is 0. The molecule has 2 heterocycles. The van der Waals surface area contributed by atoms with Gasteiger partial charge in [0.25, 0.3) is 0 Å². The van der Waals surface area contributed by atoms with Gasteiger partial charge in [0.15, 0.2) is 0 Å². The van der Waals surface area contributed by atoms with E-state index in [-0.39, 0.29) is 0 Å². The summed E-state index contributed by atoms with van der Waals surface area (Å²) in [5, 5.41) is 0.605. The number of hydrogen-bond donors (Lipinski definition) is 1. The van der Waals surface area contributed by atoms with Gasteiger partial charge in [-0.25, -0.2) is 4.98 Å². The SMILES string of the molecule is NCc1nc2ccccn2c1Cl. The molecule has 4 heteroatoms. The summed E-state index contributed by atoms with van der Waals surface area (Å²) in [4.78, 5) is 4.24. The lowest BCUT2D eigenvalue weighted by atomic mass is 10.5. The summed E-state index contributed by atoms with van der Waals surface area (Å²) in [6.07, 6.45) is 1.86. The second-order valence-electron chi connectivity index (χ2n) is 2.48. The topological polar surface area (TPSA) is 43.3 Å². The van der Waals surface area contributed by atoms with Gasteiger partial charge in [-0.15, -0.1) is 0 Å². The van der Waals surface area contributed by atoms with Crippen molar-refractivity contribution in [2.45, 2.75) is 6.54 Å². The van der Waals surface area contributed by atoms with Crippen molar-refractivity contribution in [1.29, 1.82) is 0 Å². The first kappa shape index (κ1) is 7.58. The van der Waals surface area contributed by atoms with Gasteiger partial charge < -0.3 is 5.73 Å². The number of imidazole rings is 1. The second kappa shape index (κ2) is 2.77. The lowest BCUT2D eigenvalue weighted by Crippen LogP contribution is -1.96. The molecule has 0 radical (unpaired) electrons.